The van der Waals surface area contributed by atoms with Crippen LogP contribution in [0.2, 0.25) is 0 Å². The summed E-state index contributed by atoms with van der Waals surface area (Å²) in [5.41, 5.74) is 5.58. The van der Waals surface area contributed by atoms with Gasteiger partial charge in [-0.25, -0.2) is 0 Å². The van der Waals surface area contributed by atoms with E-state index in [4.69, 9.17) is 10.8 Å². The van der Waals surface area contributed by atoms with Gasteiger partial charge in [-0.2, -0.15) is 4.98 Å². The van der Waals surface area contributed by atoms with Gasteiger partial charge in [-0.05, 0) is 6.42 Å². The van der Waals surface area contributed by atoms with Crippen LogP contribution in [0.25, 0.3) is 0 Å². The highest BCUT2D eigenvalue weighted by atomic mass is 16.3. The maximum absolute atomic E-state index is 11.6. The predicted molar refractivity (Wildman–Crippen MR) is 65.2 cm³/mol. The molecule has 3 unspecified atom stereocenters. The maximum atomic E-state index is 11.6. The van der Waals surface area contributed by atoms with Gasteiger partial charge in [-0.3, -0.25) is 9.78 Å². The number of H-pyrrole nitrogens is 1. The number of nitrogens with two attached hydrogens (primary N) is 1. The summed E-state index contributed by atoms with van der Waals surface area (Å²) in [5.74, 6) is 0.426. The van der Waals surface area contributed by atoms with Crippen molar-refractivity contribution in [3.63, 3.8) is 0 Å². The highest BCUT2D eigenvalue weighted by molar-refractivity contribution is 5.71. The van der Waals surface area contributed by atoms with Crippen LogP contribution in [-0.2, 0) is 0 Å². The van der Waals surface area contributed by atoms with Crippen LogP contribution in [0.5, 0.6) is 0 Å². The quantitative estimate of drug-likeness (QED) is 0.424. The number of rotatable bonds is 2. The second-order valence-electron chi connectivity index (χ2n) is 4.69. The minimum absolute atomic E-state index is 0.0310. The molecule has 3 atom stereocenters. The SMILES string of the molecule is Nc1nc2c(c(=O)[nH]1)NCN2C1CC(CO)C1O. The van der Waals surface area contributed by atoms with Crippen LogP contribution in [0.3, 0.4) is 0 Å². The molecule has 6 N–H and O–H groups in total. The molecule has 0 amide bonds. The monoisotopic (exact) mass is 253 g/mol. The lowest BCUT2D eigenvalue weighted by molar-refractivity contribution is -0.0291. The third-order valence-corrected chi connectivity index (χ3v) is 3.67. The van der Waals surface area contributed by atoms with Gasteiger partial charge >= 0.3 is 0 Å². The standard InChI is InChI=1S/C10H15N5O3/c11-10-13-8-6(9(18)14-10)12-3-15(8)5-1-4(2-16)7(5)17/h4-5,7,12,16-17H,1-3H2,(H3,11,13,14,18). The van der Waals surface area contributed by atoms with E-state index in [1.807, 2.05) is 4.90 Å². The minimum Gasteiger partial charge on any atom is -0.396 e. The average Bonchev–Trinajstić information content (AvgIpc) is 2.72. The Morgan fingerprint density at radius 3 is 3.00 bits per heavy atom. The van der Waals surface area contributed by atoms with Crippen molar-refractivity contribution in [1.82, 2.24) is 9.97 Å². The predicted octanol–water partition coefficient (Wildman–Crippen LogP) is -1.72. The van der Waals surface area contributed by atoms with Gasteiger partial charge in [0.15, 0.2) is 5.82 Å². The van der Waals surface area contributed by atoms with Crippen molar-refractivity contribution in [1.29, 1.82) is 0 Å². The van der Waals surface area contributed by atoms with Gasteiger partial charge < -0.3 is 26.2 Å². The molecule has 0 bridgehead atoms. The Balaban J connectivity index is 1.90. The van der Waals surface area contributed by atoms with Crippen LogP contribution in [0.15, 0.2) is 4.79 Å². The summed E-state index contributed by atoms with van der Waals surface area (Å²) >= 11 is 0. The number of nitrogens with zero attached hydrogens (tertiary/aromatic N) is 2. The molecule has 1 aromatic rings. The van der Waals surface area contributed by atoms with E-state index in [9.17, 15) is 9.90 Å². The highest BCUT2D eigenvalue weighted by Crippen LogP contribution is 2.38. The molecular weight excluding hydrogens is 238 g/mol. The van der Waals surface area contributed by atoms with Gasteiger partial charge in [0.2, 0.25) is 5.95 Å². The number of anilines is 3. The molecule has 8 heteroatoms. The molecule has 0 radical (unpaired) electrons. The number of fused-ring (bicyclic) bond motifs is 1. The van der Waals surface area contributed by atoms with Crippen LogP contribution < -0.4 is 21.5 Å². The maximum Gasteiger partial charge on any atom is 0.277 e. The summed E-state index contributed by atoms with van der Waals surface area (Å²) in [6.45, 7) is 0.380. The molecule has 1 saturated carbocycles. The lowest BCUT2D eigenvalue weighted by Crippen LogP contribution is -2.57. The van der Waals surface area contributed by atoms with Crippen molar-refractivity contribution in [2.75, 3.05) is 29.2 Å². The van der Waals surface area contributed by atoms with Crippen LogP contribution in [0, 0.1) is 5.92 Å². The molecule has 98 valence electrons. The molecule has 1 fully saturated rings. The lowest BCUT2D eigenvalue weighted by Gasteiger charge is -2.45. The summed E-state index contributed by atoms with van der Waals surface area (Å²) in [6, 6.07) is -0.135. The zero-order valence-electron chi connectivity index (χ0n) is 9.63. The largest absolute Gasteiger partial charge is 0.396 e. The molecule has 1 aliphatic heterocycles. The van der Waals surface area contributed by atoms with Gasteiger partial charge in [0.1, 0.15) is 5.69 Å². The summed E-state index contributed by atoms with van der Waals surface area (Å²) in [4.78, 5) is 20.0. The van der Waals surface area contributed by atoms with E-state index in [2.05, 4.69) is 15.3 Å². The van der Waals surface area contributed by atoms with E-state index in [0.717, 1.165) is 0 Å². The highest BCUT2D eigenvalue weighted by Gasteiger charge is 2.45. The normalized spacial score (nSPS) is 29.7. The Hall–Kier alpha value is -1.80. The number of nitrogen functional groups attached to an aromatic ring is 1. The van der Waals surface area contributed by atoms with E-state index in [1.54, 1.807) is 0 Å². The summed E-state index contributed by atoms with van der Waals surface area (Å²) in [5, 5.41) is 21.9. The Bertz CT molecular complexity index is 531. The first-order valence-corrected chi connectivity index (χ1v) is 5.81. The molecule has 2 aliphatic rings. The van der Waals surface area contributed by atoms with E-state index in [0.29, 0.717) is 24.6 Å². The van der Waals surface area contributed by atoms with Crippen molar-refractivity contribution >= 4 is 17.5 Å². The van der Waals surface area contributed by atoms with Crippen molar-refractivity contribution in [2.45, 2.75) is 18.6 Å². The minimum atomic E-state index is -0.606. The number of hydrogen-bond donors (Lipinski definition) is 5. The zero-order valence-corrected chi connectivity index (χ0v) is 9.63. The third kappa shape index (κ3) is 1.46. The van der Waals surface area contributed by atoms with Gasteiger partial charge in [-0.1, -0.05) is 0 Å². The van der Waals surface area contributed by atoms with Gasteiger partial charge in [0.25, 0.3) is 5.56 Å². The zero-order chi connectivity index (χ0) is 12.9. The fourth-order valence-electron chi connectivity index (χ4n) is 2.56. The lowest BCUT2D eigenvalue weighted by atomic mass is 9.76. The van der Waals surface area contributed by atoms with Crippen LogP contribution >= 0.6 is 0 Å². The molecule has 8 nitrogen and oxygen atoms in total. The van der Waals surface area contributed by atoms with E-state index >= 15 is 0 Å². The molecular formula is C10H15N5O3. The molecule has 0 spiro atoms. The number of nitrogens with one attached hydrogen (secondary N) is 2. The second kappa shape index (κ2) is 3.85. The smallest absolute Gasteiger partial charge is 0.277 e. The first kappa shape index (κ1) is 11.3. The van der Waals surface area contributed by atoms with Gasteiger partial charge in [0, 0.05) is 12.5 Å². The molecule has 1 aromatic heterocycles. The van der Waals surface area contributed by atoms with Gasteiger partial charge in [-0.15, -0.1) is 0 Å². The molecule has 2 heterocycles. The molecule has 18 heavy (non-hydrogen) atoms. The van der Waals surface area contributed by atoms with Crippen LogP contribution in [0.1, 0.15) is 6.42 Å². The Morgan fingerprint density at radius 1 is 1.56 bits per heavy atom. The molecule has 0 aromatic carbocycles. The second-order valence-corrected chi connectivity index (χ2v) is 4.69. The Morgan fingerprint density at radius 2 is 2.33 bits per heavy atom. The third-order valence-electron chi connectivity index (χ3n) is 3.67. The number of aliphatic hydroxyl groups is 2. The number of aliphatic hydroxyl groups excluding tert-OH is 2. The average molecular weight is 253 g/mol. The van der Waals surface area contributed by atoms with Crippen molar-refractivity contribution in [3.05, 3.63) is 10.4 Å². The number of hydrogen-bond acceptors (Lipinski definition) is 7. The summed E-state index contributed by atoms with van der Waals surface area (Å²) < 4.78 is 0. The van der Waals surface area contributed by atoms with Gasteiger partial charge in [0.05, 0.1) is 18.8 Å². The van der Waals surface area contributed by atoms with E-state index in [1.165, 1.54) is 0 Å². The summed E-state index contributed by atoms with van der Waals surface area (Å²) in [7, 11) is 0. The number of aromatic amines is 1. The molecule has 3 rings (SSSR count). The Kier molecular flexibility index (Phi) is 2.42. The van der Waals surface area contributed by atoms with Crippen molar-refractivity contribution in [3.8, 4) is 0 Å². The first-order chi connectivity index (χ1) is 8.61. The molecule has 1 aliphatic carbocycles. The summed E-state index contributed by atoms with van der Waals surface area (Å²) in [6.07, 6.45) is 0.0674. The fraction of sp³-hybridized carbons (Fsp3) is 0.600. The number of aromatic nitrogens is 2. The first-order valence-electron chi connectivity index (χ1n) is 5.81. The van der Waals surface area contributed by atoms with E-state index in [-0.39, 0.29) is 30.1 Å². The van der Waals surface area contributed by atoms with Crippen LogP contribution in [0.4, 0.5) is 17.5 Å². The van der Waals surface area contributed by atoms with E-state index < -0.39 is 6.10 Å². The fourth-order valence-corrected chi connectivity index (χ4v) is 2.56. The van der Waals surface area contributed by atoms with Crippen molar-refractivity contribution in [2.24, 2.45) is 5.92 Å². The van der Waals surface area contributed by atoms with Crippen LogP contribution in [-0.4, -0.2) is 45.6 Å². The van der Waals surface area contributed by atoms with Crippen molar-refractivity contribution < 1.29 is 10.2 Å². The Labute approximate surface area is 102 Å². The molecule has 0 saturated heterocycles. The topological polar surface area (TPSA) is 128 Å².